The number of pyridine rings is 1. The van der Waals surface area contributed by atoms with Crippen LogP contribution in [0.25, 0.3) is 11.3 Å². The monoisotopic (exact) mass is 467 g/mol. The Labute approximate surface area is 204 Å². The summed E-state index contributed by atoms with van der Waals surface area (Å²) in [5.41, 5.74) is 4.52. The number of Topliss-reactive ketones (excluding diaryl/α,β-unsaturated/α-hetero) is 1. The molecular weight excluding hydrogens is 442 g/mol. The van der Waals surface area contributed by atoms with E-state index in [1.165, 1.54) is 0 Å². The van der Waals surface area contributed by atoms with Crippen molar-refractivity contribution in [2.24, 2.45) is 0 Å². The highest BCUT2D eigenvalue weighted by Gasteiger charge is 2.18. The molecule has 2 heterocycles. The van der Waals surface area contributed by atoms with Crippen LogP contribution in [0.1, 0.15) is 27.9 Å². The summed E-state index contributed by atoms with van der Waals surface area (Å²) in [6.07, 6.45) is 2.19. The van der Waals surface area contributed by atoms with Gasteiger partial charge in [0.15, 0.2) is 5.78 Å². The Hall–Kier alpha value is -4.32. The molecule has 35 heavy (non-hydrogen) atoms. The maximum atomic E-state index is 12.0. The van der Waals surface area contributed by atoms with Crippen molar-refractivity contribution in [2.75, 3.05) is 13.7 Å². The lowest BCUT2D eigenvalue weighted by atomic mass is 10.1. The van der Waals surface area contributed by atoms with Gasteiger partial charge in [-0.1, -0.05) is 12.1 Å². The smallest absolute Gasteiger partial charge is 0.169 e. The second-order valence-corrected chi connectivity index (χ2v) is 8.18. The third kappa shape index (κ3) is 5.44. The van der Waals surface area contributed by atoms with Crippen LogP contribution in [0.3, 0.4) is 0 Å². The first-order chi connectivity index (χ1) is 17.2. The van der Waals surface area contributed by atoms with E-state index in [1.807, 2.05) is 60.7 Å². The van der Waals surface area contributed by atoms with E-state index >= 15 is 0 Å². The van der Waals surface area contributed by atoms with E-state index in [1.54, 1.807) is 31.5 Å². The first-order valence-electron chi connectivity index (χ1n) is 11.4. The topological polar surface area (TPSA) is 66.9 Å². The van der Waals surface area contributed by atoms with Crippen molar-refractivity contribution < 1.29 is 23.7 Å². The summed E-state index contributed by atoms with van der Waals surface area (Å²) in [5.74, 6) is 2.97. The molecule has 0 spiro atoms. The van der Waals surface area contributed by atoms with E-state index in [0.29, 0.717) is 43.3 Å². The van der Waals surface area contributed by atoms with Crippen molar-refractivity contribution in [3.8, 4) is 34.3 Å². The van der Waals surface area contributed by atoms with E-state index in [4.69, 9.17) is 18.9 Å². The van der Waals surface area contributed by atoms with Crippen LogP contribution in [0.2, 0.25) is 0 Å². The van der Waals surface area contributed by atoms with Crippen LogP contribution in [-0.2, 0) is 13.2 Å². The van der Waals surface area contributed by atoms with E-state index < -0.39 is 0 Å². The molecule has 4 aromatic rings. The van der Waals surface area contributed by atoms with Crippen molar-refractivity contribution in [3.05, 3.63) is 102 Å². The molecule has 1 aromatic heterocycles. The van der Waals surface area contributed by atoms with Crippen molar-refractivity contribution in [2.45, 2.75) is 19.6 Å². The molecule has 1 aliphatic rings. The molecule has 5 rings (SSSR count). The summed E-state index contributed by atoms with van der Waals surface area (Å²) in [5, 5.41) is 0. The quantitative estimate of drug-likeness (QED) is 0.322. The predicted molar refractivity (Wildman–Crippen MR) is 132 cm³/mol. The number of rotatable bonds is 8. The molecule has 0 radical (unpaired) electrons. The van der Waals surface area contributed by atoms with Gasteiger partial charge in [-0.15, -0.1) is 0 Å². The van der Waals surface area contributed by atoms with Crippen LogP contribution in [-0.4, -0.2) is 24.5 Å². The fraction of sp³-hybridized carbons (Fsp3) is 0.172. The molecule has 0 atom stereocenters. The van der Waals surface area contributed by atoms with Crippen LogP contribution in [0.5, 0.6) is 23.0 Å². The van der Waals surface area contributed by atoms with E-state index in [2.05, 4.69) is 4.98 Å². The number of aromatic nitrogens is 1. The molecule has 0 aliphatic carbocycles. The molecule has 1 aliphatic heterocycles. The predicted octanol–water partition coefficient (Wildman–Crippen LogP) is 5.88. The third-order valence-electron chi connectivity index (χ3n) is 5.78. The second kappa shape index (κ2) is 10.3. The number of ketones is 1. The fourth-order valence-electron chi connectivity index (χ4n) is 3.83. The van der Waals surface area contributed by atoms with Gasteiger partial charge in [0.25, 0.3) is 0 Å². The zero-order valence-corrected chi connectivity index (χ0v) is 19.4. The summed E-state index contributed by atoms with van der Waals surface area (Å²) >= 11 is 0. The molecule has 6 heteroatoms. The van der Waals surface area contributed by atoms with Crippen molar-refractivity contribution in [1.82, 2.24) is 4.98 Å². The van der Waals surface area contributed by atoms with Gasteiger partial charge in [0.1, 0.15) is 36.2 Å². The number of hydrogen-bond acceptors (Lipinski definition) is 6. The Morgan fingerprint density at radius 1 is 0.800 bits per heavy atom. The van der Waals surface area contributed by atoms with E-state index in [-0.39, 0.29) is 5.78 Å². The minimum absolute atomic E-state index is 0.105. The Balaban J connectivity index is 1.20. The van der Waals surface area contributed by atoms with Gasteiger partial charge in [-0.3, -0.25) is 9.78 Å². The normalized spacial score (nSPS) is 12.4. The van der Waals surface area contributed by atoms with Crippen LogP contribution >= 0.6 is 0 Å². The SMILES string of the molecule is COc1ccc(COc2ccc(-c3cc(COc4ccc5c(c4)OCCC5=O)ccn3)cc2)cc1. The zero-order valence-electron chi connectivity index (χ0n) is 19.4. The van der Waals surface area contributed by atoms with Crippen molar-refractivity contribution >= 4 is 5.78 Å². The van der Waals surface area contributed by atoms with Crippen LogP contribution in [0, 0.1) is 0 Å². The molecular formula is C29H25NO5. The molecule has 0 saturated carbocycles. The summed E-state index contributed by atoms with van der Waals surface area (Å²) in [6.45, 7) is 1.27. The molecule has 0 amide bonds. The molecule has 0 N–H and O–H groups in total. The molecule has 3 aromatic carbocycles. The standard InChI is InChI=1S/C29H25NO5/c1-32-23-6-2-20(3-7-23)18-34-24-8-4-22(5-9-24)27-16-21(12-14-30-27)19-35-25-10-11-26-28(31)13-15-33-29(26)17-25/h2-12,14,16-17H,13,15,18-19H2,1H3. The van der Waals surface area contributed by atoms with Gasteiger partial charge in [0.2, 0.25) is 0 Å². The molecule has 176 valence electrons. The molecule has 0 bridgehead atoms. The number of nitrogens with zero attached hydrogens (tertiary/aromatic N) is 1. The highest BCUT2D eigenvalue weighted by Crippen LogP contribution is 2.30. The highest BCUT2D eigenvalue weighted by atomic mass is 16.5. The lowest BCUT2D eigenvalue weighted by molar-refractivity contribution is 0.0933. The number of methoxy groups -OCH3 is 1. The van der Waals surface area contributed by atoms with E-state index in [9.17, 15) is 4.79 Å². The average Bonchev–Trinajstić information content (AvgIpc) is 2.91. The summed E-state index contributed by atoms with van der Waals surface area (Å²) in [4.78, 5) is 16.5. The van der Waals surface area contributed by atoms with Crippen molar-refractivity contribution in [3.63, 3.8) is 0 Å². The van der Waals surface area contributed by atoms with Gasteiger partial charge in [0.05, 0.1) is 25.0 Å². The van der Waals surface area contributed by atoms with Gasteiger partial charge in [-0.05, 0) is 71.8 Å². The fourth-order valence-corrected chi connectivity index (χ4v) is 3.83. The zero-order chi connectivity index (χ0) is 24.0. The number of ether oxygens (including phenoxy) is 4. The van der Waals surface area contributed by atoms with Gasteiger partial charge in [-0.25, -0.2) is 0 Å². The van der Waals surface area contributed by atoms with Gasteiger partial charge < -0.3 is 18.9 Å². The van der Waals surface area contributed by atoms with Gasteiger partial charge in [0, 0.05) is 24.2 Å². The minimum Gasteiger partial charge on any atom is -0.497 e. The second-order valence-electron chi connectivity index (χ2n) is 8.18. The molecule has 6 nitrogen and oxygen atoms in total. The molecule has 0 unspecified atom stereocenters. The van der Waals surface area contributed by atoms with Gasteiger partial charge in [-0.2, -0.15) is 0 Å². The van der Waals surface area contributed by atoms with Crippen LogP contribution < -0.4 is 18.9 Å². The maximum absolute atomic E-state index is 12.0. The lowest BCUT2D eigenvalue weighted by Crippen LogP contribution is -2.15. The third-order valence-corrected chi connectivity index (χ3v) is 5.78. The Bertz CT molecular complexity index is 1320. The Morgan fingerprint density at radius 3 is 2.31 bits per heavy atom. The Morgan fingerprint density at radius 2 is 1.51 bits per heavy atom. The summed E-state index contributed by atoms with van der Waals surface area (Å²) in [6, 6.07) is 25.0. The summed E-state index contributed by atoms with van der Waals surface area (Å²) < 4.78 is 22.6. The summed E-state index contributed by atoms with van der Waals surface area (Å²) in [7, 11) is 1.65. The lowest BCUT2D eigenvalue weighted by Gasteiger charge is -2.17. The van der Waals surface area contributed by atoms with Crippen molar-refractivity contribution in [1.29, 1.82) is 0 Å². The van der Waals surface area contributed by atoms with E-state index in [0.717, 1.165) is 33.9 Å². The molecule has 0 saturated heterocycles. The number of carbonyl (C=O) groups excluding carboxylic acids is 1. The number of carbonyl (C=O) groups is 1. The first-order valence-corrected chi connectivity index (χ1v) is 11.4. The Kier molecular flexibility index (Phi) is 6.61. The maximum Gasteiger partial charge on any atom is 0.169 e. The van der Waals surface area contributed by atoms with Gasteiger partial charge >= 0.3 is 0 Å². The first kappa shape index (κ1) is 22.5. The minimum atomic E-state index is 0.105. The number of fused-ring (bicyclic) bond motifs is 1. The average molecular weight is 468 g/mol. The highest BCUT2D eigenvalue weighted by molar-refractivity contribution is 5.99. The van der Waals surface area contributed by atoms with Crippen LogP contribution in [0.15, 0.2) is 85.1 Å². The van der Waals surface area contributed by atoms with Crippen LogP contribution in [0.4, 0.5) is 0 Å². The largest absolute Gasteiger partial charge is 0.497 e. The number of benzene rings is 3. The number of hydrogen-bond donors (Lipinski definition) is 0. The molecule has 0 fully saturated rings.